The third kappa shape index (κ3) is 3.18. The van der Waals surface area contributed by atoms with Crippen LogP contribution < -0.4 is 0 Å². The van der Waals surface area contributed by atoms with Crippen LogP contribution in [-0.2, 0) is 10.3 Å². The number of carbonyl (C=O) groups is 1. The molecule has 1 atom stereocenters. The summed E-state index contributed by atoms with van der Waals surface area (Å²) in [4.78, 5) is 13.2. The largest absolute Gasteiger partial charge is 0.459 e. The zero-order valence-corrected chi connectivity index (χ0v) is 18.4. The van der Waals surface area contributed by atoms with E-state index in [1.54, 1.807) is 13.8 Å². The average molecular weight is 443 g/mol. The number of furan rings is 2. The van der Waals surface area contributed by atoms with E-state index in [1.807, 2.05) is 30.3 Å². The van der Waals surface area contributed by atoms with Crippen molar-refractivity contribution in [2.75, 3.05) is 6.61 Å². The lowest BCUT2D eigenvalue weighted by molar-refractivity contribution is 0.00570. The van der Waals surface area contributed by atoms with Gasteiger partial charge in [0.2, 0.25) is 11.4 Å². The van der Waals surface area contributed by atoms with Gasteiger partial charge in [0.25, 0.3) is 0 Å². The maximum atomic E-state index is 13.2. The van der Waals surface area contributed by atoms with Crippen LogP contribution in [0.2, 0.25) is 10.0 Å². The molecule has 4 nitrogen and oxygen atoms in total. The molecule has 0 fully saturated rings. The van der Waals surface area contributed by atoms with E-state index in [0.717, 1.165) is 18.4 Å². The van der Waals surface area contributed by atoms with Gasteiger partial charge in [-0.25, -0.2) is 0 Å². The van der Waals surface area contributed by atoms with Crippen LogP contribution in [0.1, 0.15) is 64.3 Å². The second-order valence-corrected chi connectivity index (χ2v) is 7.94. The van der Waals surface area contributed by atoms with E-state index >= 15 is 0 Å². The molecule has 0 radical (unpaired) electrons. The number of hydrogen-bond acceptors (Lipinski definition) is 4. The van der Waals surface area contributed by atoms with E-state index in [1.165, 1.54) is 0 Å². The first kappa shape index (κ1) is 20.8. The molecular weight excluding hydrogens is 423 g/mol. The third-order valence-electron chi connectivity index (χ3n) is 5.10. The number of ketones is 1. The first-order valence-electron chi connectivity index (χ1n) is 9.76. The lowest BCUT2D eigenvalue weighted by Crippen LogP contribution is -2.36. The molecule has 30 heavy (non-hydrogen) atoms. The molecule has 2 aromatic heterocycles. The van der Waals surface area contributed by atoms with Gasteiger partial charge in [-0.05, 0) is 38.3 Å². The van der Waals surface area contributed by atoms with Crippen molar-refractivity contribution >= 4 is 29.0 Å². The summed E-state index contributed by atoms with van der Waals surface area (Å²) < 4.78 is 18.1. The lowest BCUT2D eigenvalue weighted by atomic mass is 9.81. The van der Waals surface area contributed by atoms with Gasteiger partial charge in [-0.15, -0.1) is 0 Å². The van der Waals surface area contributed by atoms with Gasteiger partial charge in [0, 0.05) is 12.2 Å². The van der Waals surface area contributed by atoms with E-state index < -0.39 is 5.60 Å². The highest BCUT2D eigenvalue weighted by Gasteiger charge is 2.53. The minimum atomic E-state index is -1.41. The number of carbonyl (C=O) groups excluding carboxylic acids is 1. The highest BCUT2D eigenvalue weighted by molar-refractivity contribution is 6.37. The van der Waals surface area contributed by atoms with Crippen molar-refractivity contribution in [3.63, 3.8) is 0 Å². The summed E-state index contributed by atoms with van der Waals surface area (Å²) in [5, 5.41) is 0.531. The molecule has 1 aliphatic rings. The molecule has 3 aromatic rings. The number of benzene rings is 1. The molecule has 0 amide bonds. The fourth-order valence-electron chi connectivity index (χ4n) is 3.55. The van der Waals surface area contributed by atoms with Gasteiger partial charge in [0.05, 0.1) is 21.2 Å². The summed E-state index contributed by atoms with van der Waals surface area (Å²) in [7, 11) is 0. The minimum absolute atomic E-state index is 0.0894. The van der Waals surface area contributed by atoms with Crippen molar-refractivity contribution in [1.29, 1.82) is 0 Å². The first-order chi connectivity index (χ1) is 14.4. The van der Waals surface area contributed by atoms with Gasteiger partial charge in [0.1, 0.15) is 11.5 Å². The Balaban J connectivity index is 2.03. The first-order valence-corrected chi connectivity index (χ1v) is 10.5. The third-order valence-corrected chi connectivity index (χ3v) is 6.01. The quantitative estimate of drug-likeness (QED) is 0.343. The fraction of sp³-hybridized carbons (Fsp3) is 0.292. The Bertz CT molecular complexity index is 1180. The van der Waals surface area contributed by atoms with Gasteiger partial charge in [-0.1, -0.05) is 60.7 Å². The summed E-state index contributed by atoms with van der Waals surface area (Å²) in [5.41, 5.74) is -0.0205. The fourth-order valence-corrected chi connectivity index (χ4v) is 4.01. The van der Waals surface area contributed by atoms with Gasteiger partial charge in [-0.3, -0.25) is 4.79 Å². The van der Waals surface area contributed by atoms with Crippen molar-refractivity contribution in [3.8, 4) is 11.8 Å². The molecule has 1 unspecified atom stereocenters. The Morgan fingerprint density at radius 3 is 2.47 bits per heavy atom. The molecule has 1 aliphatic carbocycles. The summed E-state index contributed by atoms with van der Waals surface area (Å²) in [6, 6.07) is 9.51. The number of ether oxygens (including phenoxy) is 1. The molecule has 1 aromatic carbocycles. The van der Waals surface area contributed by atoms with Gasteiger partial charge in [-0.2, -0.15) is 0 Å². The molecule has 154 valence electrons. The van der Waals surface area contributed by atoms with Crippen molar-refractivity contribution in [3.05, 3.63) is 80.1 Å². The van der Waals surface area contributed by atoms with E-state index in [9.17, 15) is 4.79 Å². The van der Waals surface area contributed by atoms with Crippen molar-refractivity contribution in [2.24, 2.45) is 0 Å². The van der Waals surface area contributed by atoms with Gasteiger partial charge in [0.15, 0.2) is 11.5 Å². The van der Waals surface area contributed by atoms with E-state index in [2.05, 4.69) is 18.8 Å². The van der Waals surface area contributed by atoms with Crippen LogP contribution in [-0.4, -0.2) is 12.4 Å². The Hall–Kier alpha value is -2.45. The van der Waals surface area contributed by atoms with Crippen molar-refractivity contribution in [2.45, 2.75) is 39.2 Å². The zero-order valence-electron chi connectivity index (χ0n) is 16.9. The normalized spacial score (nSPS) is 17.3. The Morgan fingerprint density at radius 1 is 1.07 bits per heavy atom. The lowest BCUT2D eigenvalue weighted by Gasteiger charge is -2.31. The Kier molecular flexibility index (Phi) is 5.55. The Morgan fingerprint density at radius 2 is 1.77 bits per heavy atom. The number of aryl methyl sites for hydroxylation is 2. The van der Waals surface area contributed by atoms with Gasteiger partial charge < -0.3 is 13.6 Å². The van der Waals surface area contributed by atoms with Crippen LogP contribution in [0.4, 0.5) is 0 Å². The molecule has 4 rings (SSSR count). The molecule has 0 N–H and O–H groups in total. The molecule has 0 saturated carbocycles. The number of unbranched alkanes of at least 4 members (excludes halogenated alkanes) is 1. The maximum absolute atomic E-state index is 13.2. The summed E-state index contributed by atoms with van der Waals surface area (Å²) in [6.45, 7) is 5.86. The van der Waals surface area contributed by atoms with E-state index in [0.29, 0.717) is 28.7 Å². The molecule has 0 saturated heterocycles. The maximum Gasteiger partial charge on any atom is 0.233 e. The average Bonchev–Trinajstić information content (AvgIpc) is 3.22. The second-order valence-electron chi connectivity index (χ2n) is 7.18. The van der Waals surface area contributed by atoms with Crippen molar-refractivity contribution < 1.29 is 18.4 Å². The van der Waals surface area contributed by atoms with Crippen LogP contribution in [0.3, 0.4) is 0 Å². The Labute approximate surface area is 185 Å². The van der Waals surface area contributed by atoms with Crippen LogP contribution in [0, 0.1) is 25.7 Å². The molecule has 2 heterocycles. The molecule has 0 bridgehead atoms. The molecule has 0 spiro atoms. The smallest absolute Gasteiger partial charge is 0.233 e. The van der Waals surface area contributed by atoms with E-state index in [4.69, 9.17) is 36.8 Å². The van der Waals surface area contributed by atoms with Crippen LogP contribution in [0.5, 0.6) is 0 Å². The van der Waals surface area contributed by atoms with Gasteiger partial charge >= 0.3 is 0 Å². The zero-order chi connectivity index (χ0) is 21.5. The number of rotatable bonds is 4. The highest BCUT2D eigenvalue weighted by atomic mass is 35.5. The number of halogens is 2. The van der Waals surface area contributed by atoms with Crippen LogP contribution in [0.25, 0.3) is 0 Å². The molecule has 6 heteroatoms. The SMILES string of the molecule is CCCCOC1(C#Cc2ccccc2)c2oc(C)c(Cl)c2C(=O)c2oc(C)c(Cl)c21. The number of fused-ring (bicyclic) bond motifs is 2. The summed E-state index contributed by atoms with van der Waals surface area (Å²) in [6.07, 6.45) is 1.73. The molecular formula is C24H20Cl2O4. The van der Waals surface area contributed by atoms with E-state index in [-0.39, 0.29) is 27.9 Å². The monoisotopic (exact) mass is 442 g/mol. The summed E-state index contributed by atoms with van der Waals surface area (Å²) >= 11 is 13.1. The standard InChI is InChI=1S/C24H20Cl2O4/c1-4-5-13-28-24(12-11-16-9-7-6-8-10-16)18-20(26)15(3)29-22(18)21(27)17-19(25)14(2)30-23(17)24/h6-10H,4-5,13H2,1-3H3. The topological polar surface area (TPSA) is 52.6 Å². The predicted molar refractivity (Wildman–Crippen MR) is 115 cm³/mol. The van der Waals surface area contributed by atoms with Crippen LogP contribution >= 0.6 is 23.2 Å². The molecule has 0 aliphatic heterocycles. The minimum Gasteiger partial charge on any atom is -0.459 e. The second kappa shape index (κ2) is 8.00. The summed E-state index contributed by atoms with van der Waals surface area (Å²) in [5.74, 6) is 7.16. The predicted octanol–water partition coefficient (Wildman–Crippen LogP) is 6.45. The highest BCUT2D eigenvalue weighted by Crippen LogP contribution is 2.50. The van der Waals surface area contributed by atoms with Crippen molar-refractivity contribution in [1.82, 2.24) is 0 Å². The van der Waals surface area contributed by atoms with Crippen LogP contribution in [0.15, 0.2) is 39.2 Å². The number of hydrogen-bond donors (Lipinski definition) is 0.